The van der Waals surface area contributed by atoms with Crippen LogP contribution >= 0.6 is 11.6 Å². The van der Waals surface area contributed by atoms with Crippen LogP contribution in [-0.4, -0.2) is 28.7 Å². The Hall–Kier alpha value is -3.50. The molecule has 11 heteroatoms. The number of anilines is 3. The summed E-state index contributed by atoms with van der Waals surface area (Å²) in [4.78, 5) is 21.7. The quantitative estimate of drug-likeness (QED) is 0.377. The molecule has 176 valence electrons. The fraction of sp³-hybridized carbons (Fsp3) is 0.174. The van der Waals surface area contributed by atoms with E-state index in [0.29, 0.717) is 34.3 Å². The summed E-state index contributed by atoms with van der Waals surface area (Å²) in [5, 5.41) is 3.13. The van der Waals surface area contributed by atoms with E-state index in [1.165, 1.54) is 17.0 Å². The van der Waals surface area contributed by atoms with E-state index in [2.05, 4.69) is 20.0 Å². The Bertz CT molecular complexity index is 1540. The number of rotatable bonds is 7. The molecule has 0 unspecified atom stereocenters. The van der Waals surface area contributed by atoms with Crippen molar-refractivity contribution in [1.29, 1.82) is 0 Å². The first-order chi connectivity index (χ1) is 16.2. The van der Waals surface area contributed by atoms with Crippen LogP contribution in [0.25, 0.3) is 16.6 Å². The predicted octanol–water partition coefficient (Wildman–Crippen LogP) is 4.78. The minimum absolute atomic E-state index is 0.0538. The molecule has 2 aromatic carbocycles. The van der Waals surface area contributed by atoms with Crippen LogP contribution in [-0.2, 0) is 10.0 Å². The number of aromatic nitrogens is 3. The van der Waals surface area contributed by atoms with Crippen molar-refractivity contribution in [2.45, 2.75) is 20.3 Å². The SMILES string of the molecule is CCCS(=O)(=O)Nc1ccc(F)c(Nc2ccc3ncn(-c4cccnc4)c(=O)c3c2C)c1Cl. The molecule has 0 amide bonds. The number of fused-ring (bicyclic) bond motifs is 1. The molecule has 0 spiro atoms. The second-order valence-electron chi connectivity index (χ2n) is 7.59. The first-order valence-electron chi connectivity index (χ1n) is 10.4. The Morgan fingerprint density at radius 3 is 2.62 bits per heavy atom. The summed E-state index contributed by atoms with van der Waals surface area (Å²) < 4.78 is 42.8. The lowest BCUT2D eigenvalue weighted by atomic mass is 10.1. The van der Waals surface area contributed by atoms with E-state index in [-0.39, 0.29) is 27.7 Å². The summed E-state index contributed by atoms with van der Waals surface area (Å²) in [7, 11) is -3.63. The molecule has 2 heterocycles. The van der Waals surface area contributed by atoms with Crippen molar-refractivity contribution in [3.05, 3.63) is 81.9 Å². The summed E-state index contributed by atoms with van der Waals surface area (Å²) in [6.07, 6.45) is 4.99. The maximum atomic E-state index is 14.7. The fourth-order valence-corrected chi connectivity index (χ4v) is 5.00. The van der Waals surface area contributed by atoms with Gasteiger partial charge in [0.05, 0.1) is 44.9 Å². The molecular weight excluding hydrogens is 481 g/mol. The smallest absolute Gasteiger partial charge is 0.266 e. The van der Waals surface area contributed by atoms with Crippen LogP contribution in [0.1, 0.15) is 18.9 Å². The van der Waals surface area contributed by atoms with Gasteiger partial charge in [0.25, 0.3) is 5.56 Å². The van der Waals surface area contributed by atoms with E-state index in [9.17, 15) is 17.6 Å². The second-order valence-corrected chi connectivity index (χ2v) is 9.81. The Balaban J connectivity index is 1.78. The van der Waals surface area contributed by atoms with Crippen molar-refractivity contribution < 1.29 is 12.8 Å². The van der Waals surface area contributed by atoms with Gasteiger partial charge in [-0.2, -0.15) is 0 Å². The zero-order valence-corrected chi connectivity index (χ0v) is 19.9. The zero-order chi connectivity index (χ0) is 24.5. The molecule has 0 saturated heterocycles. The molecule has 0 saturated carbocycles. The molecule has 0 atom stereocenters. The summed E-state index contributed by atoms with van der Waals surface area (Å²) in [5.41, 5.74) is 1.61. The highest BCUT2D eigenvalue weighted by molar-refractivity contribution is 7.92. The minimum Gasteiger partial charge on any atom is -0.352 e. The average Bonchev–Trinajstić information content (AvgIpc) is 2.80. The van der Waals surface area contributed by atoms with Crippen molar-refractivity contribution in [2.75, 3.05) is 15.8 Å². The van der Waals surface area contributed by atoms with Gasteiger partial charge in [-0.25, -0.2) is 17.8 Å². The lowest BCUT2D eigenvalue weighted by Crippen LogP contribution is -2.20. The minimum atomic E-state index is -3.63. The summed E-state index contributed by atoms with van der Waals surface area (Å²) in [5.74, 6) is -0.773. The van der Waals surface area contributed by atoms with Crippen molar-refractivity contribution in [3.63, 3.8) is 0 Å². The van der Waals surface area contributed by atoms with Crippen LogP contribution in [0, 0.1) is 12.7 Å². The standard InChI is InChI=1S/C23H21ClFN5O3S/c1-3-11-34(32,33)29-19-7-6-16(25)22(21(19)24)28-17-8-9-18-20(14(17)2)23(31)30(13-27-18)15-5-4-10-26-12-15/h4-10,12-13,28-29H,3,11H2,1-2H3. The highest BCUT2D eigenvalue weighted by Gasteiger charge is 2.18. The largest absolute Gasteiger partial charge is 0.352 e. The number of nitrogens with one attached hydrogen (secondary N) is 2. The first kappa shape index (κ1) is 23.7. The van der Waals surface area contributed by atoms with Crippen LogP contribution in [0.15, 0.2) is 59.9 Å². The van der Waals surface area contributed by atoms with Gasteiger partial charge in [-0.3, -0.25) is 19.1 Å². The molecule has 0 aliphatic heterocycles. The van der Waals surface area contributed by atoms with E-state index in [1.54, 1.807) is 50.5 Å². The van der Waals surface area contributed by atoms with Gasteiger partial charge in [0.2, 0.25) is 10.0 Å². The van der Waals surface area contributed by atoms with Crippen molar-refractivity contribution in [2.24, 2.45) is 0 Å². The van der Waals surface area contributed by atoms with Crippen LogP contribution in [0.5, 0.6) is 0 Å². The van der Waals surface area contributed by atoms with Crippen LogP contribution in [0.2, 0.25) is 5.02 Å². The Labute approximate surface area is 200 Å². The van der Waals surface area contributed by atoms with Crippen LogP contribution in [0.3, 0.4) is 0 Å². The van der Waals surface area contributed by atoms with Gasteiger partial charge in [0.1, 0.15) is 12.1 Å². The Kier molecular flexibility index (Phi) is 6.54. The number of pyridine rings is 1. The van der Waals surface area contributed by atoms with E-state index in [4.69, 9.17) is 11.6 Å². The predicted molar refractivity (Wildman–Crippen MR) is 132 cm³/mol. The lowest BCUT2D eigenvalue weighted by Gasteiger charge is -2.17. The van der Waals surface area contributed by atoms with E-state index in [1.807, 2.05) is 0 Å². The summed E-state index contributed by atoms with van der Waals surface area (Å²) in [6, 6.07) is 9.12. The third-order valence-corrected chi connectivity index (χ3v) is 7.07. The number of hydrogen-bond donors (Lipinski definition) is 2. The third kappa shape index (κ3) is 4.59. The van der Waals surface area contributed by atoms with Crippen LogP contribution < -0.4 is 15.6 Å². The highest BCUT2D eigenvalue weighted by atomic mass is 35.5. The van der Waals surface area contributed by atoms with Crippen molar-refractivity contribution in [1.82, 2.24) is 14.5 Å². The number of benzene rings is 2. The number of aryl methyl sites for hydroxylation is 1. The first-order valence-corrected chi connectivity index (χ1v) is 12.4. The molecule has 0 bridgehead atoms. The molecule has 34 heavy (non-hydrogen) atoms. The van der Waals surface area contributed by atoms with E-state index in [0.717, 1.165) is 6.07 Å². The molecule has 0 radical (unpaired) electrons. The number of halogens is 2. The Morgan fingerprint density at radius 2 is 1.91 bits per heavy atom. The van der Waals surface area contributed by atoms with Crippen molar-refractivity contribution >= 4 is 49.6 Å². The monoisotopic (exact) mass is 501 g/mol. The molecule has 2 N–H and O–H groups in total. The zero-order valence-electron chi connectivity index (χ0n) is 18.3. The number of sulfonamides is 1. The van der Waals surface area contributed by atoms with E-state index >= 15 is 0 Å². The molecule has 4 aromatic rings. The van der Waals surface area contributed by atoms with Gasteiger partial charge >= 0.3 is 0 Å². The third-order valence-electron chi connectivity index (χ3n) is 5.20. The van der Waals surface area contributed by atoms with E-state index < -0.39 is 15.8 Å². The van der Waals surface area contributed by atoms with Crippen molar-refractivity contribution in [3.8, 4) is 5.69 Å². The molecular formula is C23H21ClFN5O3S. The topological polar surface area (TPSA) is 106 Å². The summed E-state index contributed by atoms with van der Waals surface area (Å²) >= 11 is 6.36. The molecule has 0 aliphatic carbocycles. The molecule has 0 fully saturated rings. The maximum Gasteiger partial charge on any atom is 0.266 e. The normalized spacial score (nSPS) is 11.5. The van der Waals surface area contributed by atoms with Gasteiger partial charge in [-0.1, -0.05) is 18.5 Å². The van der Waals surface area contributed by atoms with Gasteiger partial charge in [-0.15, -0.1) is 0 Å². The number of nitrogens with zero attached hydrogens (tertiary/aromatic N) is 3. The lowest BCUT2D eigenvalue weighted by molar-refractivity contribution is 0.599. The maximum absolute atomic E-state index is 14.7. The number of hydrogen-bond acceptors (Lipinski definition) is 6. The molecule has 4 rings (SSSR count). The Morgan fingerprint density at radius 1 is 1.15 bits per heavy atom. The average molecular weight is 502 g/mol. The van der Waals surface area contributed by atoms with Gasteiger partial charge < -0.3 is 5.32 Å². The van der Waals surface area contributed by atoms with Gasteiger partial charge in [0, 0.05) is 11.9 Å². The van der Waals surface area contributed by atoms with Gasteiger partial charge in [0.15, 0.2) is 0 Å². The highest BCUT2D eigenvalue weighted by Crippen LogP contribution is 2.36. The molecule has 2 aromatic heterocycles. The molecule has 8 nitrogen and oxygen atoms in total. The second kappa shape index (κ2) is 9.40. The summed E-state index contributed by atoms with van der Waals surface area (Å²) in [6.45, 7) is 3.44. The fourth-order valence-electron chi connectivity index (χ4n) is 3.55. The van der Waals surface area contributed by atoms with Crippen LogP contribution in [0.4, 0.5) is 21.5 Å². The van der Waals surface area contributed by atoms with Gasteiger partial charge in [-0.05, 0) is 55.3 Å². The molecule has 0 aliphatic rings.